The van der Waals surface area contributed by atoms with Crippen LogP contribution >= 0.6 is 0 Å². The number of imidazole rings is 1. The maximum Gasteiger partial charge on any atom is 0.327 e. The van der Waals surface area contributed by atoms with E-state index in [4.69, 9.17) is 0 Å². The fraction of sp³-hybridized carbons (Fsp3) is 0.357. The third-order valence-corrected chi connectivity index (χ3v) is 2.97. The van der Waals surface area contributed by atoms with Gasteiger partial charge in [0.1, 0.15) is 0 Å². The lowest BCUT2D eigenvalue weighted by molar-refractivity contribution is 0.585. The van der Waals surface area contributed by atoms with Crippen LogP contribution in [-0.2, 0) is 20.0 Å². The molecular formula is C14H18N2O. The van der Waals surface area contributed by atoms with Crippen molar-refractivity contribution >= 4 is 0 Å². The largest absolute Gasteiger partial charge is 0.327 e. The predicted octanol–water partition coefficient (Wildman–Crippen LogP) is 2.21. The topological polar surface area (TPSA) is 26.9 Å². The molecule has 1 heterocycles. The number of rotatable bonds is 5. The van der Waals surface area contributed by atoms with Gasteiger partial charge in [-0.3, -0.25) is 4.57 Å². The average molecular weight is 230 g/mol. The lowest BCUT2D eigenvalue weighted by atomic mass is 10.1. The van der Waals surface area contributed by atoms with E-state index in [1.807, 2.05) is 12.3 Å². The van der Waals surface area contributed by atoms with E-state index in [1.165, 1.54) is 5.56 Å². The summed E-state index contributed by atoms with van der Waals surface area (Å²) in [6.07, 6.45) is 6.90. The van der Waals surface area contributed by atoms with Gasteiger partial charge in [-0.2, -0.15) is 0 Å². The van der Waals surface area contributed by atoms with Gasteiger partial charge in [0.15, 0.2) is 0 Å². The van der Waals surface area contributed by atoms with Crippen molar-refractivity contribution in [1.82, 2.24) is 9.13 Å². The standard InChI is InChI=1S/C14H18N2O/c1-15-11-12-16(14(15)17)10-6-5-9-13-7-3-2-4-8-13/h2-4,7-8,11-12H,5-6,9-10H2,1H3. The lowest BCUT2D eigenvalue weighted by Gasteiger charge is -2.02. The molecule has 0 aliphatic rings. The number of hydrogen-bond donors (Lipinski definition) is 0. The zero-order chi connectivity index (χ0) is 12.1. The highest BCUT2D eigenvalue weighted by atomic mass is 16.1. The van der Waals surface area contributed by atoms with Crippen molar-refractivity contribution in [3.05, 3.63) is 58.8 Å². The van der Waals surface area contributed by atoms with Crippen LogP contribution in [-0.4, -0.2) is 9.13 Å². The summed E-state index contributed by atoms with van der Waals surface area (Å²) in [4.78, 5) is 11.6. The molecule has 1 aromatic heterocycles. The van der Waals surface area contributed by atoms with Crippen LogP contribution < -0.4 is 5.69 Å². The molecule has 0 saturated heterocycles. The summed E-state index contributed by atoms with van der Waals surface area (Å²) in [5, 5.41) is 0. The van der Waals surface area contributed by atoms with Crippen LogP contribution in [0, 0.1) is 0 Å². The first-order valence-corrected chi connectivity index (χ1v) is 6.03. The summed E-state index contributed by atoms with van der Waals surface area (Å²) >= 11 is 0. The fourth-order valence-corrected chi connectivity index (χ4v) is 1.94. The highest BCUT2D eigenvalue weighted by Gasteiger charge is 1.99. The average Bonchev–Trinajstić information content (AvgIpc) is 2.67. The van der Waals surface area contributed by atoms with Crippen molar-refractivity contribution in [2.75, 3.05) is 0 Å². The Morgan fingerprint density at radius 1 is 1.06 bits per heavy atom. The smallest absolute Gasteiger partial charge is 0.302 e. The molecular weight excluding hydrogens is 212 g/mol. The van der Waals surface area contributed by atoms with E-state index in [9.17, 15) is 4.79 Å². The molecule has 0 amide bonds. The molecule has 0 aliphatic carbocycles. The van der Waals surface area contributed by atoms with Crippen molar-refractivity contribution in [3.8, 4) is 0 Å². The summed E-state index contributed by atoms with van der Waals surface area (Å²) in [5.41, 5.74) is 1.44. The van der Waals surface area contributed by atoms with Gasteiger partial charge in [0.2, 0.25) is 0 Å². The lowest BCUT2D eigenvalue weighted by Crippen LogP contribution is -2.21. The SMILES string of the molecule is Cn1ccn(CCCCc2ccccc2)c1=O. The van der Waals surface area contributed by atoms with Crippen LogP contribution in [0.25, 0.3) is 0 Å². The van der Waals surface area contributed by atoms with E-state index < -0.39 is 0 Å². The number of aryl methyl sites for hydroxylation is 3. The minimum atomic E-state index is 0.0738. The maximum absolute atomic E-state index is 11.6. The summed E-state index contributed by atoms with van der Waals surface area (Å²) < 4.78 is 3.38. The van der Waals surface area contributed by atoms with Crippen molar-refractivity contribution in [1.29, 1.82) is 0 Å². The Morgan fingerprint density at radius 3 is 2.47 bits per heavy atom. The minimum Gasteiger partial charge on any atom is -0.302 e. The highest BCUT2D eigenvalue weighted by Crippen LogP contribution is 2.05. The van der Waals surface area contributed by atoms with Gasteiger partial charge in [0, 0.05) is 26.0 Å². The Morgan fingerprint density at radius 2 is 1.82 bits per heavy atom. The molecule has 3 heteroatoms. The van der Waals surface area contributed by atoms with E-state index in [0.717, 1.165) is 25.8 Å². The molecule has 2 rings (SSSR count). The molecule has 17 heavy (non-hydrogen) atoms. The van der Waals surface area contributed by atoms with Gasteiger partial charge < -0.3 is 4.57 Å². The first-order valence-electron chi connectivity index (χ1n) is 6.03. The third-order valence-electron chi connectivity index (χ3n) is 2.97. The van der Waals surface area contributed by atoms with E-state index in [2.05, 4.69) is 24.3 Å². The van der Waals surface area contributed by atoms with Crippen LogP contribution in [0.3, 0.4) is 0 Å². The van der Waals surface area contributed by atoms with Crippen LogP contribution in [0.4, 0.5) is 0 Å². The second kappa shape index (κ2) is 5.53. The zero-order valence-electron chi connectivity index (χ0n) is 10.2. The van der Waals surface area contributed by atoms with Gasteiger partial charge in [-0.05, 0) is 24.8 Å². The molecule has 0 fully saturated rings. The Labute approximate surface area is 101 Å². The molecule has 1 aromatic carbocycles. The van der Waals surface area contributed by atoms with Crippen molar-refractivity contribution < 1.29 is 0 Å². The molecule has 90 valence electrons. The molecule has 2 aromatic rings. The van der Waals surface area contributed by atoms with Gasteiger partial charge in [0.05, 0.1) is 0 Å². The van der Waals surface area contributed by atoms with Crippen LogP contribution in [0.5, 0.6) is 0 Å². The Kier molecular flexibility index (Phi) is 3.81. The Balaban J connectivity index is 1.77. The zero-order valence-corrected chi connectivity index (χ0v) is 10.2. The number of benzene rings is 1. The molecule has 0 saturated carbocycles. The van der Waals surface area contributed by atoms with Crippen molar-refractivity contribution in [2.45, 2.75) is 25.8 Å². The van der Waals surface area contributed by atoms with Crippen molar-refractivity contribution in [3.63, 3.8) is 0 Å². The number of nitrogens with zero attached hydrogens (tertiary/aromatic N) is 2. The molecule has 0 radical (unpaired) electrons. The quantitative estimate of drug-likeness (QED) is 0.723. The van der Waals surface area contributed by atoms with Gasteiger partial charge in [-0.1, -0.05) is 30.3 Å². The molecule has 3 nitrogen and oxygen atoms in total. The minimum absolute atomic E-state index is 0.0738. The van der Waals surface area contributed by atoms with Crippen LogP contribution in [0.2, 0.25) is 0 Å². The summed E-state index contributed by atoms with van der Waals surface area (Å²) in [7, 11) is 1.78. The van der Waals surface area contributed by atoms with E-state index >= 15 is 0 Å². The number of unbranched alkanes of at least 4 members (excludes halogenated alkanes) is 1. The van der Waals surface area contributed by atoms with Crippen molar-refractivity contribution in [2.24, 2.45) is 7.05 Å². The number of aromatic nitrogens is 2. The van der Waals surface area contributed by atoms with E-state index in [1.54, 1.807) is 22.4 Å². The first-order chi connectivity index (χ1) is 8.27. The second-order valence-corrected chi connectivity index (χ2v) is 4.33. The van der Waals surface area contributed by atoms with Gasteiger partial charge in [0.25, 0.3) is 0 Å². The highest BCUT2D eigenvalue weighted by molar-refractivity contribution is 5.14. The Hall–Kier alpha value is -1.77. The summed E-state index contributed by atoms with van der Waals surface area (Å²) in [6.45, 7) is 0.812. The normalized spacial score (nSPS) is 10.6. The molecule has 0 aliphatic heterocycles. The monoisotopic (exact) mass is 230 g/mol. The first kappa shape index (κ1) is 11.7. The van der Waals surface area contributed by atoms with Gasteiger partial charge >= 0.3 is 5.69 Å². The third kappa shape index (κ3) is 3.09. The molecule has 0 atom stereocenters. The predicted molar refractivity (Wildman–Crippen MR) is 69.1 cm³/mol. The second-order valence-electron chi connectivity index (χ2n) is 4.33. The molecule has 0 unspecified atom stereocenters. The summed E-state index contributed by atoms with van der Waals surface area (Å²) in [6, 6.07) is 10.5. The fourth-order valence-electron chi connectivity index (χ4n) is 1.94. The van der Waals surface area contributed by atoms with Gasteiger partial charge in [-0.15, -0.1) is 0 Å². The van der Waals surface area contributed by atoms with Crippen LogP contribution in [0.15, 0.2) is 47.5 Å². The molecule has 0 spiro atoms. The van der Waals surface area contributed by atoms with E-state index in [0.29, 0.717) is 0 Å². The maximum atomic E-state index is 11.6. The van der Waals surface area contributed by atoms with E-state index in [-0.39, 0.29) is 5.69 Å². The van der Waals surface area contributed by atoms with Gasteiger partial charge in [-0.25, -0.2) is 4.79 Å². The molecule has 0 N–H and O–H groups in total. The Bertz CT molecular complexity index is 511. The molecule has 0 bridgehead atoms. The number of hydrogen-bond acceptors (Lipinski definition) is 1. The van der Waals surface area contributed by atoms with Crippen LogP contribution in [0.1, 0.15) is 18.4 Å². The summed E-state index contributed by atoms with van der Waals surface area (Å²) in [5.74, 6) is 0.